The molecule has 0 amide bonds. The first-order valence-electron chi connectivity index (χ1n) is 8.96. The molecule has 3 N–H and O–H groups in total. The third-order valence-corrected chi connectivity index (χ3v) is 4.19. The van der Waals surface area contributed by atoms with Crippen molar-refractivity contribution in [2.45, 2.75) is 19.9 Å². The molecule has 0 spiro atoms. The van der Waals surface area contributed by atoms with Crippen LogP contribution in [0.2, 0.25) is 0 Å². The molecule has 3 aromatic rings. The number of benzene rings is 1. The molecular weight excluding hydrogens is 345 g/mol. The van der Waals surface area contributed by atoms with Gasteiger partial charge in [-0.25, -0.2) is 14.4 Å². The van der Waals surface area contributed by atoms with Crippen LogP contribution in [-0.2, 0) is 13.0 Å². The fraction of sp³-hybridized carbons (Fsp3) is 0.300. The Bertz CT molecular complexity index is 904. The van der Waals surface area contributed by atoms with E-state index in [0.29, 0.717) is 12.4 Å². The second kappa shape index (κ2) is 9.02. The lowest BCUT2D eigenvalue weighted by Crippen LogP contribution is -2.38. The Morgan fingerprint density at radius 2 is 2.15 bits per heavy atom. The molecule has 7 heteroatoms. The number of hydrogen-bond donors (Lipinski definition) is 3. The Hall–Kier alpha value is -3.09. The molecule has 0 saturated heterocycles. The highest BCUT2D eigenvalue weighted by Gasteiger charge is 2.05. The van der Waals surface area contributed by atoms with Gasteiger partial charge in [0.15, 0.2) is 5.96 Å². The van der Waals surface area contributed by atoms with Crippen molar-refractivity contribution < 1.29 is 9.13 Å². The summed E-state index contributed by atoms with van der Waals surface area (Å²) >= 11 is 0. The first kappa shape index (κ1) is 18.7. The van der Waals surface area contributed by atoms with Crippen molar-refractivity contribution in [1.29, 1.82) is 0 Å². The summed E-state index contributed by atoms with van der Waals surface area (Å²) in [5.41, 5.74) is 2.97. The van der Waals surface area contributed by atoms with Gasteiger partial charge in [0.25, 0.3) is 0 Å². The molecule has 0 unspecified atom stereocenters. The highest BCUT2D eigenvalue weighted by atomic mass is 19.1. The zero-order valence-electron chi connectivity index (χ0n) is 15.6. The Balaban J connectivity index is 1.58. The zero-order valence-corrected chi connectivity index (χ0v) is 15.6. The molecule has 0 saturated carbocycles. The number of halogens is 1. The van der Waals surface area contributed by atoms with E-state index in [-0.39, 0.29) is 5.82 Å². The van der Waals surface area contributed by atoms with Gasteiger partial charge in [-0.1, -0.05) is 6.07 Å². The quantitative estimate of drug-likeness (QED) is 0.442. The summed E-state index contributed by atoms with van der Waals surface area (Å²) in [7, 11) is 1.59. The van der Waals surface area contributed by atoms with Crippen molar-refractivity contribution in [2.75, 3.05) is 20.2 Å². The number of H-pyrrole nitrogens is 1. The number of guanidine groups is 1. The molecule has 2 heterocycles. The lowest BCUT2D eigenvalue weighted by Gasteiger charge is -2.11. The average molecular weight is 369 g/mol. The van der Waals surface area contributed by atoms with Crippen molar-refractivity contribution in [1.82, 2.24) is 20.6 Å². The van der Waals surface area contributed by atoms with E-state index in [2.05, 4.69) is 25.6 Å². The number of pyridine rings is 1. The fourth-order valence-electron chi connectivity index (χ4n) is 2.82. The standard InChI is InChI=1S/C20H24FN5O/c1-3-22-20(26-12-14-4-7-19(27-2)25-11-14)23-9-8-15-13-24-18-10-16(21)5-6-17(15)18/h4-7,10-11,13,24H,3,8-9,12H2,1-2H3,(H2,22,23,26). The fourth-order valence-corrected chi connectivity index (χ4v) is 2.82. The molecule has 2 aromatic heterocycles. The minimum atomic E-state index is -0.233. The van der Waals surface area contributed by atoms with Crippen molar-refractivity contribution in [3.05, 3.63) is 59.7 Å². The van der Waals surface area contributed by atoms with Gasteiger partial charge in [0.1, 0.15) is 5.82 Å². The van der Waals surface area contributed by atoms with E-state index in [1.165, 1.54) is 12.1 Å². The lowest BCUT2D eigenvalue weighted by molar-refractivity contribution is 0.397. The van der Waals surface area contributed by atoms with Gasteiger partial charge in [0, 0.05) is 42.5 Å². The topological polar surface area (TPSA) is 74.3 Å². The summed E-state index contributed by atoms with van der Waals surface area (Å²) in [5.74, 6) is 1.11. The number of nitrogens with zero attached hydrogens (tertiary/aromatic N) is 2. The van der Waals surface area contributed by atoms with Crippen LogP contribution in [0, 0.1) is 5.82 Å². The molecular formula is C20H24FN5O. The van der Waals surface area contributed by atoms with E-state index < -0.39 is 0 Å². The third-order valence-electron chi connectivity index (χ3n) is 4.19. The summed E-state index contributed by atoms with van der Waals surface area (Å²) in [5, 5.41) is 7.62. The number of rotatable bonds is 7. The Morgan fingerprint density at radius 1 is 1.26 bits per heavy atom. The molecule has 1 aromatic carbocycles. The largest absolute Gasteiger partial charge is 0.481 e. The number of nitrogens with one attached hydrogen (secondary N) is 3. The van der Waals surface area contributed by atoms with Crippen molar-refractivity contribution in [3.8, 4) is 5.88 Å². The van der Waals surface area contributed by atoms with E-state index in [1.807, 2.05) is 31.3 Å². The molecule has 27 heavy (non-hydrogen) atoms. The van der Waals surface area contributed by atoms with Crippen LogP contribution in [-0.4, -0.2) is 36.1 Å². The van der Waals surface area contributed by atoms with Gasteiger partial charge in [0.2, 0.25) is 5.88 Å². The van der Waals surface area contributed by atoms with E-state index in [4.69, 9.17) is 4.74 Å². The number of fused-ring (bicyclic) bond motifs is 1. The Labute approximate surface area is 157 Å². The minimum Gasteiger partial charge on any atom is -0.481 e. The maximum Gasteiger partial charge on any atom is 0.212 e. The Kier molecular flexibility index (Phi) is 6.25. The second-order valence-electron chi connectivity index (χ2n) is 6.08. The van der Waals surface area contributed by atoms with Crippen LogP contribution in [0.3, 0.4) is 0 Å². The number of ether oxygens (including phenoxy) is 1. The molecule has 6 nitrogen and oxygen atoms in total. The summed E-state index contributed by atoms with van der Waals surface area (Å²) in [6, 6.07) is 8.59. The Morgan fingerprint density at radius 3 is 2.89 bits per heavy atom. The molecule has 0 radical (unpaired) electrons. The molecule has 0 bridgehead atoms. The van der Waals surface area contributed by atoms with Crippen LogP contribution in [0.15, 0.2) is 47.7 Å². The van der Waals surface area contributed by atoms with Crippen LogP contribution in [0.1, 0.15) is 18.1 Å². The summed E-state index contributed by atoms with van der Waals surface area (Å²) in [6.45, 7) is 4.05. The average Bonchev–Trinajstić information content (AvgIpc) is 3.08. The smallest absolute Gasteiger partial charge is 0.212 e. The number of hydrogen-bond acceptors (Lipinski definition) is 3. The van der Waals surface area contributed by atoms with E-state index in [0.717, 1.165) is 47.5 Å². The minimum absolute atomic E-state index is 0.233. The molecule has 0 fully saturated rings. The first-order valence-corrected chi connectivity index (χ1v) is 8.96. The molecule has 3 rings (SSSR count). The predicted octanol–water partition coefficient (Wildman–Crippen LogP) is 3.01. The zero-order chi connectivity index (χ0) is 19.1. The maximum atomic E-state index is 13.3. The maximum absolute atomic E-state index is 13.3. The van der Waals surface area contributed by atoms with E-state index in [9.17, 15) is 4.39 Å². The summed E-state index contributed by atoms with van der Waals surface area (Å²) in [4.78, 5) is 11.9. The highest BCUT2D eigenvalue weighted by Crippen LogP contribution is 2.19. The van der Waals surface area contributed by atoms with E-state index in [1.54, 1.807) is 13.3 Å². The van der Waals surface area contributed by atoms with Crippen LogP contribution in [0.5, 0.6) is 5.88 Å². The number of aromatic amines is 1. The SMILES string of the molecule is CCNC(=NCc1ccc(OC)nc1)NCCc1c[nH]c2cc(F)ccc12. The number of methoxy groups -OCH3 is 1. The van der Waals surface area contributed by atoms with Gasteiger partial charge in [-0.15, -0.1) is 0 Å². The summed E-state index contributed by atoms with van der Waals surface area (Å²) in [6.07, 6.45) is 4.50. The van der Waals surface area contributed by atoms with Crippen molar-refractivity contribution in [3.63, 3.8) is 0 Å². The third kappa shape index (κ3) is 4.97. The number of aromatic nitrogens is 2. The number of aliphatic imine (C=N–C) groups is 1. The van der Waals surface area contributed by atoms with Gasteiger partial charge in [0.05, 0.1) is 13.7 Å². The molecule has 0 atom stereocenters. The van der Waals surface area contributed by atoms with Crippen LogP contribution >= 0.6 is 0 Å². The van der Waals surface area contributed by atoms with Crippen molar-refractivity contribution >= 4 is 16.9 Å². The van der Waals surface area contributed by atoms with Crippen LogP contribution < -0.4 is 15.4 Å². The summed E-state index contributed by atoms with van der Waals surface area (Å²) < 4.78 is 18.4. The highest BCUT2D eigenvalue weighted by molar-refractivity contribution is 5.83. The molecule has 0 aliphatic heterocycles. The van der Waals surface area contributed by atoms with Crippen LogP contribution in [0.25, 0.3) is 10.9 Å². The molecule has 0 aliphatic rings. The van der Waals surface area contributed by atoms with Gasteiger partial charge in [-0.2, -0.15) is 0 Å². The van der Waals surface area contributed by atoms with Crippen LogP contribution in [0.4, 0.5) is 4.39 Å². The van der Waals surface area contributed by atoms with E-state index >= 15 is 0 Å². The van der Waals surface area contributed by atoms with Gasteiger partial charge in [-0.05, 0) is 42.7 Å². The lowest BCUT2D eigenvalue weighted by atomic mass is 10.1. The van der Waals surface area contributed by atoms with Gasteiger partial charge < -0.3 is 20.4 Å². The second-order valence-corrected chi connectivity index (χ2v) is 6.08. The van der Waals surface area contributed by atoms with Gasteiger partial charge in [-0.3, -0.25) is 0 Å². The molecule has 142 valence electrons. The molecule has 0 aliphatic carbocycles. The van der Waals surface area contributed by atoms with Gasteiger partial charge >= 0.3 is 0 Å². The predicted molar refractivity (Wildman–Crippen MR) is 106 cm³/mol. The normalized spacial score (nSPS) is 11.6. The first-order chi connectivity index (χ1) is 13.2. The van der Waals surface area contributed by atoms with Crippen molar-refractivity contribution in [2.24, 2.45) is 4.99 Å². The monoisotopic (exact) mass is 369 g/mol.